The molecule has 0 bridgehead atoms. The number of carbonyl (C=O) groups is 1. The number of rotatable bonds is 6. The molecule has 3 N–H and O–H groups in total. The average Bonchev–Trinajstić information content (AvgIpc) is 3.33. The maximum atomic E-state index is 12.0. The van der Waals surface area contributed by atoms with Crippen molar-refractivity contribution < 1.29 is 9.53 Å². The summed E-state index contributed by atoms with van der Waals surface area (Å²) in [5.41, 5.74) is 13.8. The largest absolute Gasteiger partial charge is 0.449 e. The molecule has 0 aliphatic carbocycles. The average molecular weight is 514 g/mol. The van der Waals surface area contributed by atoms with Crippen molar-refractivity contribution in [1.29, 1.82) is 0 Å². The van der Waals surface area contributed by atoms with Gasteiger partial charge in [-0.15, -0.1) is 0 Å². The van der Waals surface area contributed by atoms with Crippen LogP contribution in [0.25, 0.3) is 27.9 Å². The Morgan fingerprint density at radius 3 is 2.53 bits per heavy atom. The Labute approximate surface area is 223 Å². The molecule has 38 heavy (non-hydrogen) atoms. The number of carbonyl (C=O) groups excluding carboxylic acids is 1. The quantitative estimate of drug-likeness (QED) is 0.378. The van der Waals surface area contributed by atoms with Crippen LogP contribution in [0.15, 0.2) is 54.7 Å². The SMILES string of the molecule is Cc1nc2c(-c3cccc(N4CCN(C)CC4)c3)cnn2c(N)c1-c1ccc(NC(=O)OCC(C)C)cc1. The number of hydrogen-bond acceptors (Lipinski definition) is 7. The Balaban J connectivity index is 1.41. The van der Waals surface area contributed by atoms with Crippen LogP contribution in [0.5, 0.6) is 0 Å². The summed E-state index contributed by atoms with van der Waals surface area (Å²) in [6.45, 7) is 10.4. The van der Waals surface area contributed by atoms with Gasteiger partial charge in [0.1, 0.15) is 5.82 Å². The number of amides is 1. The van der Waals surface area contributed by atoms with Crippen LogP contribution in [0.3, 0.4) is 0 Å². The molecule has 2 aromatic heterocycles. The van der Waals surface area contributed by atoms with Gasteiger partial charge in [-0.05, 0) is 55.3 Å². The monoisotopic (exact) mass is 513 g/mol. The van der Waals surface area contributed by atoms with E-state index in [-0.39, 0.29) is 5.92 Å². The standard InChI is InChI=1S/C29H35N7O2/c1-19(2)18-38-29(37)33-23-10-8-21(9-11-23)26-20(3)32-28-25(17-31-36(28)27(26)30)22-6-5-7-24(16-22)35-14-12-34(4)13-15-35/h5-11,16-17,19H,12-15,18,30H2,1-4H3,(H,33,37). The van der Waals surface area contributed by atoms with Gasteiger partial charge < -0.3 is 20.3 Å². The lowest BCUT2D eigenvalue weighted by Gasteiger charge is -2.34. The number of anilines is 3. The van der Waals surface area contributed by atoms with E-state index in [4.69, 9.17) is 15.5 Å². The topological polar surface area (TPSA) is 101 Å². The lowest BCUT2D eigenvalue weighted by molar-refractivity contribution is 0.147. The summed E-state index contributed by atoms with van der Waals surface area (Å²) < 4.78 is 6.90. The number of hydrogen-bond donors (Lipinski definition) is 2. The van der Waals surface area contributed by atoms with Gasteiger partial charge in [0.2, 0.25) is 0 Å². The van der Waals surface area contributed by atoms with Crippen LogP contribution in [-0.4, -0.2) is 65.4 Å². The molecule has 0 unspecified atom stereocenters. The lowest BCUT2D eigenvalue weighted by Crippen LogP contribution is -2.44. The molecule has 0 spiro atoms. The fourth-order valence-electron chi connectivity index (χ4n) is 4.74. The van der Waals surface area contributed by atoms with Crippen molar-refractivity contribution in [2.45, 2.75) is 20.8 Å². The zero-order valence-electron chi connectivity index (χ0n) is 22.4. The van der Waals surface area contributed by atoms with Crippen molar-refractivity contribution in [3.8, 4) is 22.3 Å². The minimum absolute atomic E-state index is 0.278. The highest BCUT2D eigenvalue weighted by atomic mass is 16.5. The molecule has 4 aromatic rings. The van der Waals surface area contributed by atoms with Crippen molar-refractivity contribution >= 4 is 28.9 Å². The summed E-state index contributed by atoms with van der Waals surface area (Å²) in [5.74, 6) is 0.797. The first-order chi connectivity index (χ1) is 18.3. The number of nitrogens with one attached hydrogen (secondary N) is 1. The normalized spacial score (nSPS) is 14.3. The summed E-state index contributed by atoms with van der Waals surface area (Å²) in [4.78, 5) is 21.7. The summed E-state index contributed by atoms with van der Waals surface area (Å²) >= 11 is 0. The van der Waals surface area contributed by atoms with Crippen molar-refractivity contribution in [3.05, 3.63) is 60.4 Å². The fraction of sp³-hybridized carbons (Fsp3) is 0.345. The third kappa shape index (κ3) is 5.28. The van der Waals surface area contributed by atoms with Crippen LogP contribution in [0.2, 0.25) is 0 Å². The van der Waals surface area contributed by atoms with Crippen LogP contribution in [0.1, 0.15) is 19.5 Å². The minimum atomic E-state index is -0.467. The second-order valence-electron chi connectivity index (χ2n) is 10.3. The van der Waals surface area contributed by atoms with Crippen molar-refractivity contribution in [3.63, 3.8) is 0 Å². The molecule has 5 rings (SSSR count). The van der Waals surface area contributed by atoms with Gasteiger partial charge in [-0.3, -0.25) is 5.32 Å². The fourth-order valence-corrected chi connectivity index (χ4v) is 4.74. The molecule has 0 atom stereocenters. The first-order valence-corrected chi connectivity index (χ1v) is 13.0. The summed E-state index contributed by atoms with van der Waals surface area (Å²) in [6.07, 6.45) is 1.37. The Morgan fingerprint density at radius 1 is 1.08 bits per heavy atom. The second-order valence-corrected chi connectivity index (χ2v) is 10.3. The van der Waals surface area contributed by atoms with Crippen LogP contribution in [0, 0.1) is 12.8 Å². The predicted octanol–water partition coefficient (Wildman–Crippen LogP) is 4.91. The van der Waals surface area contributed by atoms with Gasteiger partial charge in [0, 0.05) is 48.7 Å². The number of ether oxygens (including phenoxy) is 1. The van der Waals surface area contributed by atoms with Gasteiger partial charge in [0.05, 0.1) is 18.5 Å². The number of aromatic nitrogens is 3. The van der Waals surface area contributed by atoms with Gasteiger partial charge >= 0.3 is 6.09 Å². The third-order valence-corrected chi connectivity index (χ3v) is 6.86. The molecule has 9 nitrogen and oxygen atoms in total. The molecule has 1 amide bonds. The molecule has 2 aromatic carbocycles. The third-order valence-electron chi connectivity index (χ3n) is 6.86. The molecular formula is C29H35N7O2. The van der Waals surface area contributed by atoms with E-state index in [0.29, 0.717) is 18.1 Å². The molecule has 1 saturated heterocycles. The molecule has 1 aliphatic heterocycles. The van der Waals surface area contributed by atoms with Gasteiger partial charge in [-0.25, -0.2) is 9.78 Å². The Kier molecular flexibility index (Phi) is 7.20. The number of aryl methyl sites for hydroxylation is 1. The van der Waals surface area contributed by atoms with Gasteiger partial charge in [0.25, 0.3) is 0 Å². The van der Waals surface area contributed by atoms with E-state index in [1.54, 1.807) is 4.52 Å². The Hall–Kier alpha value is -4.11. The van der Waals surface area contributed by atoms with E-state index in [1.165, 1.54) is 5.69 Å². The van der Waals surface area contributed by atoms with Gasteiger partial charge in [0.15, 0.2) is 5.65 Å². The van der Waals surface area contributed by atoms with Crippen molar-refractivity contribution in [2.75, 3.05) is 55.8 Å². The van der Waals surface area contributed by atoms with Crippen molar-refractivity contribution in [1.82, 2.24) is 19.5 Å². The van der Waals surface area contributed by atoms with E-state index in [2.05, 4.69) is 51.5 Å². The molecule has 1 fully saturated rings. The highest BCUT2D eigenvalue weighted by molar-refractivity contribution is 5.87. The number of piperazine rings is 1. The van der Waals surface area contributed by atoms with E-state index in [9.17, 15) is 4.79 Å². The predicted molar refractivity (Wildman–Crippen MR) is 153 cm³/mol. The smallest absolute Gasteiger partial charge is 0.411 e. The lowest BCUT2D eigenvalue weighted by atomic mass is 10.0. The second kappa shape index (κ2) is 10.7. The maximum Gasteiger partial charge on any atom is 0.411 e. The minimum Gasteiger partial charge on any atom is -0.449 e. The Bertz CT molecular complexity index is 1440. The summed E-state index contributed by atoms with van der Waals surface area (Å²) in [5, 5.41) is 7.36. The number of benzene rings is 2. The van der Waals surface area contributed by atoms with E-state index in [0.717, 1.165) is 59.8 Å². The van der Waals surface area contributed by atoms with Crippen molar-refractivity contribution in [2.24, 2.45) is 5.92 Å². The molecular weight excluding hydrogens is 478 g/mol. The van der Waals surface area contributed by atoms with Crippen LogP contribution in [-0.2, 0) is 4.74 Å². The molecule has 1 aliphatic rings. The zero-order valence-corrected chi connectivity index (χ0v) is 22.4. The molecule has 3 heterocycles. The van der Waals surface area contributed by atoms with Gasteiger partial charge in [-0.1, -0.05) is 38.1 Å². The first kappa shape index (κ1) is 25.5. The molecule has 0 radical (unpaired) electrons. The first-order valence-electron chi connectivity index (χ1n) is 13.0. The molecule has 198 valence electrons. The zero-order chi connectivity index (χ0) is 26.8. The number of nitrogens with two attached hydrogens (primary N) is 1. The summed E-state index contributed by atoms with van der Waals surface area (Å²) in [6, 6.07) is 16.0. The maximum absolute atomic E-state index is 12.0. The summed E-state index contributed by atoms with van der Waals surface area (Å²) in [7, 11) is 2.16. The highest BCUT2D eigenvalue weighted by Crippen LogP contribution is 2.34. The van der Waals surface area contributed by atoms with Crippen LogP contribution >= 0.6 is 0 Å². The number of fused-ring (bicyclic) bond motifs is 1. The molecule has 0 saturated carbocycles. The van der Waals surface area contributed by atoms with Crippen LogP contribution in [0.4, 0.5) is 22.0 Å². The Morgan fingerprint density at radius 2 is 1.82 bits per heavy atom. The number of likely N-dealkylation sites (N-methyl/N-ethyl adjacent to an activating group) is 1. The van der Waals surface area contributed by atoms with E-state index >= 15 is 0 Å². The molecule has 9 heteroatoms. The number of nitrogens with zero attached hydrogens (tertiary/aromatic N) is 5. The van der Waals surface area contributed by atoms with Crippen LogP contribution < -0.4 is 16.0 Å². The van der Waals surface area contributed by atoms with Gasteiger partial charge in [-0.2, -0.15) is 9.61 Å². The van der Waals surface area contributed by atoms with E-state index < -0.39 is 6.09 Å². The van der Waals surface area contributed by atoms with E-state index in [1.807, 2.05) is 51.2 Å². The number of nitrogen functional groups attached to an aromatic ring is 1. The highest BCUT2D eigenvalue weighted by Gasteiger charge is 2.19.